The number of azo groups is 1. The van der Waals surface area contributed by atoms with Gasteiger partial charge in [-0.05, 0) is 24.3 Å². The Balaban J connectivity index is 2.26. The van der Waals surface area contributed by atoms with E-state index < -0.39 is 84.3 Å². The molecule has 3 aromatic carbocycles. The fourth-order valence-electron chi connectivity index (χ4n) is 2.74. The van der Waals surface area contributed by atoms with Crippen molar-refractivity contribution in [3.8, 4) is 5.75 Å². The van der Waals surface area contributed by atoms with Crippen LogP contribution in [0.5, 0.6) is 5.75 Å². The number of phenols is 1. The molecular formula is C20H10F6N4O6S. The van der Waals surface area contributed by atoms with Gasteiger partial charge in [-0.1, -0.05) is 12.1 Å². The molecule has 3 aromatic rings. The third-order valence-electron chi connectivity index (χ3n) is 4.46. The Morgan fingerprint density at radius 1 is 0.838 bits per heavy atom. The molecule has 0 unspecified atom stereocenters. The maximum absolute atomic E-state index is 14.5. The van der Waals surface area contributed by atoms with Crippen LogP contribution in [-0.2, 0) is 10.1 Å². The molecule has 10 nitrogen and oxygen atoms in total. The van der Waals surface area contributed by atoms with Crippen LogP contribution in [-0.4, -0.2) is 35.0 Å². The largest absolute Gasteiger partial charge is 0.506 e. The van der Waals surface area contributed by atoms with E-state index >= 15 is 0 Å². The lowest BCUT2D eigenvalue weighted by molar-refractivity contribution is 0.0698. The number of aromatic hydroxyl groups is 1. The van der Waals surface area contributed by atoms with Gasteiger partial charge in [0.2, 0.25) is 11.7 Å². The lowest BCUT2D eigenvalue weighted by Crippen LogP contribution is -2.14. The summed E-state index contributed by atoms with van der Waals surface area (Å²) in [6.45, 7) is 0. The summed E-state index contributed by atoms with van der Waals surface area (Å²) in [6.07, 6.45) is 0. The van der Waals surface area contributed by atoms with Crippen LogP contribution in [0.4, 0.5) is 37.7 Å². The van der Waals surface area contributed by atoms with E-state index in [0.717, 1.165) is 12.1 Å². The summed E-state index contributed by atoms with van der Waals surface area (Å²) in [6, 6.07) is 5.71. The molecule has 0 aliphatic carbocycles. The molecule has 0 fully saturated rings. The van der Waals surface area contributed by atoms with E-state index in [2.05, 4.69) is 15.3 Å². The second-order valence-electron chi connectivity index (χ2n) is 6.76. The van der Waals surface area contributed by atoms with Crippen molar-refractivity contribution in [1.29, 1.82) is 0 Å². The first-order valence-electron chi connectivity index (χ1n) is 9.34. The predicted molar refractivity (Wildman–Crippen MR) is 112 cm³/mol. The number of anilines is 1. The number of aromatic carboxylic acids is 1. The van der Waals surface area contributed by atoms with Crippen molar-refractivity contribution < 1.29 is 54.3 Å². The van der Waals surface area contributed by atoms with Gasteiger partial charge in [-0.25, -0.2) is 31.1 Å². The predicted octanol–water partition coefficient (Wildman–Crippen LogP) is 4.73. The highest BCUT2D eigenvalue weighted by Gasteiger charge is 2.29. The molecule has 194 valence electrons. The number of nitrogens with zero attached hydrogens (tertiary/aromatic N) is 3. The van der Waals surface area contributed by atoms with Gasteiger partial charge in [-0.2, -0.15) is 13.5 Å². The molecule has 0 aromatic heterocycles. The molecule has 0 saturated heterocycles. The van der Waals surface area contributed by atoms with Crippen LogP contribution in [0, 0.1) is 34.9 Å². The van der Waals surface area contributed by atoms with Crippen LogP contribution in [0.2, 0.25) is 0 Å². The molecule has 0 spiro atoms. The van der Waals surface area contributed by atoms with Gasteiger partial charge in [0.1, 0.15) is 16.2 Å². The van der Waals surface area contributed by atoms with Crippen molar-refractivity contribution in [2.75, 3.05) is 5.43 Å². The monoisotopic (exact) mass is 548 g/mol. The smallest absolute Gasteiger partial charge is 0.337 e. The van der Waals surface area contributed by atoms with Gasteiger partial charge in [-0.15, -0.1) is 10.2 Å². The van der Waals surface area contributed by atoms with Gasteiger partial charge in [0.15, 0.2) is 34.8 Å². The highest BCUT2D eigenvalue weighted by molar-refractivity contribution is 7.85. The van der Waals surface area contributed by atoms with Crippen LogP contribution in [0.1, 0.15) is 15.9 Å². The molecule has 0 atom stereocenters. The minimum atomic E-state index is -5.20. The molecule has 17 heteroatoms. The molecule has 0 saturated carbocycles. The highest BCUT2D eigenvalue weighted by Crippen LogP contribution is 2.34. The molecule has 4 N–H and O–H groups in total. The van der Waals surface area contributed by atoms with E-state index in [1.165, 1.54) is 12.1 Å². The Morgan fingerprint density at radius 2 is 1.41 bits per heavy atom. The number of hydrogen-bond donors (Lipinski definition) is 4. The fourth-order valence-corrected chi connectivity index (χ4v) is 3.30. The molecule has 0 aliphatic heterocycles. The first-order valence-corrected chi connectivity index (χ1v) is 10.8. The summed E-state index contributed by atoms with van der Waals surface area (Å²) in [7, 11) is -5.20. The zero-order chi connectivity index (χ0) is 27.7. The summed E-state index contributed by atoms with van der Waals surface area (Å²) in [5.74, 6) is -18.3. The minimum absolute atomic E-state index is 0.353. The fraction of sp³-hybridized carbons (Fsp3) is 0. The number of benzene rings is 3. The Bertz CT molecular complexity index is 1570. The second kappa shape index (κ2) is 10.2. The lowest BCUT2D eigenvalue weighted by atomic mass is 10.1. The Kier molecular flexibility index (Phi) is 7.49. The number of hydrazone groups is 1. The first-order chi connectivity index (χ1) is 17.3. The van der Waals surface area contributed by atoms with Gasteiger partial charge in [0.05, 0.1) is 11.3 Å². The van der Waals surface area contributed by atoms with Crippen LogP contribution >= 0.6 is 0 Å². The van der Waals surface area contributed by atoms with Crippen molar-refractivity contribution in [2.24, 2.45) is 15.3 Å². The summed E-state index contributed by atoms with van der Waals surface area (Å²) in [5, 5.41) is 28.5. The number of phenolic OH excluding ortho intramolecular Hbond substituents is 1. The van der Waals surface area contributed by atoms with Crippen molar-refractivity contribution in [2.45, 2.75) is 4.90 Å². The zero-order valence-electron chi connectivity index (χ0n) is 17.5. The van der Waals surface area contributed by atoms with Crippen molar-refractivity contribution in [3.05, 3.63) is 82.4 Å². The maximum Gasteiger partial charge on any atom is 0.337 e. The molecule has 0 aliphatic rings. The van der Waals surface area contributed by atoms with Crippen molar-refractivity contribution in [1.82, 2.24) is 0 Å². The van der Waals surface area contributed by atoms with E-state index in [4.69, 9.17) is 4.55 Å². The molecule has 0 amide bonds. The summed E-state index contributed by atoms with van der Waals surface area (Å²) < 4.78 is 116. The standard InChI is InChI=1S/C20H10F6N4O6S/c21-12-10(37(34,35)36)6-5-9(31)18(12)28-30-19(11-13(22)15(24)17(26)16(25)14(11)23)29-27-8-4-2-1-3-7(8)20(32)33/h1-6,27,31H,(H,32,33)(H,34,35,36). The van der Waals surface area contributed by atoms with Crippen LogP contribution < -0.4 is 5.43 Å². The summed E-state index contributed by atoms with van der Waals surface area (Å²) in [4.78, 5) is 9.94. The first kappa shape index (κ1) is 27.1. The number of hydrogen-bond acceptors (Lipinski definition) is 7. The number of nitrogens with one attached hydrogen (secondary N) is 1. The molecule has 3 rings (SSSR count). The van der Waals surface area contributed by atoms with Crippen molar-refractivity contribution >= 4 is 33.3 Å². The Hall–Kier alpha value is -4.51. The topological polar surface area (TPSA) is 161 Å². The van der Waals surface area contributed by atoms with Crippen LogP contribution in [0.15, 0.2) is 56.6 Å². The summed E-state index contributed by atoms with van der Waals surface area (Å²) in [5.41, 5.74) is -1.95. The average Bonchev–Trinajstić information content (AvgIpc) is 2.83. The summed E-state index contributed by atoms with van der Waals surface area (Å²) >= 11 is 0. The minimum Gasteiger partial charge on any atom is -0.506 e. The molecule has 0 bridgehead atoms. The normalized spacial score (nSPS) is 12.2. The maximum atomic E-state index is 14.5. The Morgan fingerprint density at radius 3 is 1.97 bits per heavy atom. The van der Waals surface area contributed by atoms with Crippen LogP contribution in [0.25, 0.3) is 0 Å². The number of halogens is 6. The highest BCUT2D eigenvalue weighted by atomic mass is 32.2. The molecular weight excluding hydrogens is 538 g/mol. The molecule has 37 heavy (non-hydrogen) atoms. The SMILES string of the molecule is O=C(O)c1ccccc1NN=C(N=Nc1c(O)ccc(S(=O)(=O)O)c1F)c1c(F)c(F)c(F)c(F)c1F. The van der Waals surface area contributed by atoms with Crippen molar-refractivity contribution in [3.63, 3.8) is 0 Å². The quantitative estimate of drug-likeness (QED) is 0.0506. The third kappa shape index (κ3) is 5.36. The third-order valence-corrected chi connectivity index (χ3v) is 5.33. The van der Waals surface area contributed by atoms with E-state index in [0.29, 0.717) is 12.1 Å². The molecule has 0 radical (unpaired) electrons. The Labute approximate surface area is 202 Å². The second-order valence-corrected chi connectivity index (χ2v) is 8.15. The lowest BCUT2D eigenvalue weighted by Gasteiger charge is -2.09. The number of amidine groups is 1. The average molecular weight is 548 g/mol. The van der Waals surface area contributed by atoms with E-state index in [9.17, 15) is 49.8 Å². The van der Waals surface area contributed by atoms with Gasteiger partial charge >= 0.3 is 5.97 Å². The number of rotatable bonds is 6. The van der Waals surface area contributed by atoms with E-state index in [1.807, 2.05) is 5.43 Å². The van der Waals surface area contributed by atoms with Gasteiger partial charge in [0, 0.05) is 0 Å². The number of carboxylic acid groups (broad SMARTS) is 1. The number of para-hydroxylation sites is 1. The molecule has 0 heterocycles. The van der Waals surface area contributed by atoms with E-state index in [1.54, 1.807) is 0 Å². The number of carboxylic acids is 1. The van der Waals surface area contributed by atoms with Gasteiger partial charge in [-0.3, -0.25) is 9.98 Å². The zero-order valence-corrected chi connectivity index (χ0v) is 18.4. The van der Waals surface area contributed by atoms with E-state index in [-0.39, 0.29) is 5.69 Å². The van der Waals surface area contributed by atoms with Gasteiger partial charge < -0.3 is 10.2 Å². The number of carbonyl (C=O) groups is 1. The van der Waals surface area contributed by atoms with Crippen LogP contribution in [0.3, 0.4) is 0 Å². The van der Waals surface area contributed by atoms with Gasteiger partial charge in [0.25, 0.3) is 10.1 Å².